The minimum atomic E-state index is -0.957. The number of nitrogens with zero attached hydrogens (tertiary/aromatic N) is 1. The summed E-state index contributed by atoms with van der Waals surface area (Å²) >= 11 is 12.2. The van der Waals surface area contributed by atoms with Crippen LogP contribution in [0.1, 0.15) is 56.2 Å². The van der Waals surface area contributed by atoms with Gasteiger partial charge in [0.25, 0.3) is 0 Å². The Balaban J connectivity index is 0.00000252. The fourth-order valence-electron chi connectivity index (χ4n) is 7.72. The molecule has 0 radical (unpaired) electrons. The summed E-state index contributed by atoms with van der Waals surface area (Å²) in [6.07, 6.45) is 5.03. The molecule has 7 rings (SSSR count). The number of likely N-dealkylation sites (tertiary alicyclic amines) is 1. The number of hydrogen-bond acceptors (Lipinski definition) is 5. The minimum absolute atomic E-state index is 0. The number of aromatic hydroxyl groups is 1. The molecule has 2 saturated carbocycles. The summed E-state index contributed by atoms with van der Waals surface area (Å²) in [4.78, 5) is 15.6. The Labute approximate surface area is 227 Å². The van der Waals surface area contributed by atoms with Crippen LogP contribution in [-0.2, 0) is 23.1 Å². The van der Waals surface area contributed by atoms with Gasteiger partial charge in [0.15, 0.2) is 11.5 Å². The number of phenolic OH excluding ortho intramolecular Hbond substituents is 1. The van der Waals surface area contributed by atoms with Crippen LogP contribution in [0.25, 0.3) is 0 Å². The van der Waals surface area contributed by atoms with Crippen LogP contribution < -0.4 is 10.1 Å². The first kappa shape index (κ1) is 25.3. The number of phenols is 1. The Morgan fingerprint density at radius 1 is 1.14 bits per heavy atom. The standard InChI is InChI=1S/C28H30Cl2N2O4.CH4/c29-18-5-3-16(11-19(18)30)12-23(34)31-20-7-8-28(35)22-13-17-4-6-21(33)25-24(17)27(28,26(20)36-25)9-10-32(22)14-15-1-2-15;/h3-6,11,15,20,22,26,33,35H,1-2,7-10,12-14H2,(H,31,34);1H4/t20-,22+,26-,27-,28+;/m0./s1. The molecule has 8 heteroatoms. The number of benzene rings is 2. The molecule has 2 aromatic rings. The van der Waals surface area contributed by atoms with Crippen LogP contribution in [0.5, 0.6) is 11.5 Å². The van der Waals surface area contributed by atoms with Gasteiger partial charge in [-0.2, -0.15) is 0 Å². The lowest BCUT2D eigenvalue weighted by molar-refractivity contribution is -0.192. The average molecular weight is 546 g/mol. The molecule has 3 fully saturated rings. The zero-order valence-corrected chi connectivity index (χ0v) is 21.5. The Morgan fingerprint density at radius 2 is 1.95 bits per heavy atom. The van der Waals surface area contributed by atoms with Gasteiger partial charge in [-0.05, 0) is 80.3 Å². The second-order valence-corrected chi connectivity index (χ2v) is 12.2. The van der Waals surface area contributed by atoms with Crippen molar-refractivity contribution in [2.45, 2.75) is 81.6 Å². The first-order chi connectivity index (χ1) is 17.3. The maximum atomic E-state index is 13.1. The van der Waals surface area contributed by atoms with Gasteiger partial charge in [0.1, 0.15) is 6.10 Å². The van der Waals surface area contributed by atoms with Crippen LogP contribution in [0.3, 0.4) is 0 Å². The van der Waals surface area contributed by atoms with Crippen molar-refractivity contribution >= 4 is 29.1 Å². The van der Waals surface area contributed by atoms with Crippen LogP contribution in [0.15, 0.2) is 30.3 Å². The number of hydrogen-bond donors (Lipinski definition) is 3. The maximum Gasteiger partial charge on any atom is 0.224 e. The predicted molar refractivity (Wildman–Crippen MR) is 144 cm³/mol. The predicted octanol–water partition coefficient (Wildman–Crippen LogP) is 4.63. The molecule has 3 N–H and O–H groups in total. The molecule has 5 aliphatic rings. The number of ether oxygens (including phenoxy) is 1. The lowest BCUT2D eigenvalue weighted by Crippen LogP contribution is -2.78. The molecule has 2 heterocycles. The number of amides is 1. The SMILES string of the molecule is C.O=C(Cc1ccc(Cl)c(Cl)c1)N[C@H]1CC[C@@]2(O)[C@H]3Cc4ccc(O)c5c4[C@@]2(CCN3CC2CC2)[C@H]1O5. The third-order valence-corrected chi connectivity index (χ3v) is 10.2. The van der Waals surface area contributed by atoms with Crippen molar-refractivity contribution in [2.24, 2.45) is 5.92 Å². The van der Waals surface area contributed by atoms with E-state index in [2.05, 4.69) is 10.2 Å². The van der Waals surface area contributed by atoms with Crippen molar-refractivity contribution in [3.8, 4) is 11.5 Å². The van der Waals surface area contributed by atoms with Crippen LogP contribution in [0.2, 0.25) is 10.0 Å². The van der Waals surface area contributed by atoms with Crippen molar-refractivity contribution in [1.82, 2.24) is 10.2 Å². The van der Waals surface area contributed by atoms with Crippen molar-refractivity contribution in [1.29, 1.82) is 0 Å². The zero-order chi connectivity index (χ0) is 24.8. The molecule has 3 aliphatic carbocycles. The smallest absolute Gasteiger partial charge is 0.224 e. The molecular formula is C29H34Cl2N2O4. The molecular weight excluding hydrogens is 511 g/mol. The van der Waals surface area contributed by atoms with E-state index in [1.165, 1.54) is 12.8 Å². The Kier molecular flexibility index (Phi) is 6.00. The fourth-order valence-corrected chi connectivity index (χ4v) is 8.04. The third kappa shape index (κ3) is 3.63. The summed E-state index contributed by atoms with van der Waals surface area (Å²) in [6.45, 7) is 1.93. The lowest BCUT2D eigenvalue weighted by atomic mass is 9.48. The van der Waals surface area contributed by atoms with Crippen molar-refractivity contribution in [3.63, 3.8) is 0 Å². The summed E-state index contributed by atoms with van der Waals surface area (Å²) in [7, 11) is 0. The molecule has 2 aliphatic heterocycles. The van der Waals surface area contributed by atoms with Crippen LogP contribution in [0.4, 0.5) is 0 Å². The lowest BCUT2D eigenvalue weighted by Gasteiger charge is -2.64. The van der Waals surface area contributed by atoms with Crippen LogP contribution in [-0.4, -0.2) is 57.9 Å². The summed E-state index contributed by atoms with van der Waals surface area (Å²) in [5, 5.41) is 27.4. The Hall–Kier alpha value is -1.99. The molecule has 6 nitrogen and oxygen atoms in total. The van der Waals surface area contributed by atoms with Crippen molar-refractivity contribution in [2.75, 3.05) is 13.1 Å². The molecule has 2 bridgehead atoms. The molecule has 198 valence electrons. The van der Waals surface area contributed by atoms with E-state index in [9.17, 15) is 15.0 Å². The number of rotatable bonds is 5. The van der Waals surface area contributed by atoms with Crippen molar-refractivity contribution in [3.05, 3.63) is 57.1 Å². The maximum absolute atomic E-state index is 13.1. The van der Waals surface area contributed by atoms with E-state index in [4.69, 9.17) is 27.9 Å². The molecule has 1 saturated heterocycles. The largest absolute Gasteiger partial charge is 0.504 e. The van der Waals surface area contributed by atoms with E-state index in [1.54, 1.807) is 24.3 Å². The van der Waals surface area contributed by atoms with Gasteiger partial charge in [-0.3, -0.25) is 9.69 Å². The molecule has 2 aromatic carbocycles. The highest BCUT2D eigenvalue weighted by Crippen LogP contribution is 2.65. The quantitative estimate of drug-likeness (QED) is 0.511. The van der Waals surface area contributed by atoms with Gasteiger partial charge in [-0.1, -0.05) is 42.8 Å². The van der Waals surface area contributed by atoms with Crippen molar-refractivity contribution < 1.29 is 19.7 Å². The Morgan fingerprint density at radius 3 is 2.70 bits per heavy atom. The fraction of sp³-hybridized carbons (Fsp3) is 0.552. The molecule has 37 heavy (non-hydrogen) atoms. The molecule has 0 aromatic heterocycles. The van der Waals surface area contributed by atoms with E-state index in [0.29, 0.717) is 28.6 Å². The first-order valence-corrected chi connectivity index (χ1v) is 13.8. The number of piperidine rings is 1. The molecule has 1 spiro atoms. The first-order valence-electron chi connectivity index (χ1n) is 13.0. The van der Waals surface area contributed by atoms with E-state index >= 15 is 0 Å². The molecule has 0 unspecified atom stereocenters. The summed E-state index contributed by atoms with van der Waals surface area (Å²) < 4.78 is 6.52. The minimum Gasteiger partial charge on any atom is -0.504 e. The second kappa shape index (κ2) is 8.77. The van der Waals surface area contributed by atoms with E-state index in [1.807, 2.05) is 6.07 Å². The Bertz CT molecular complexity index is 1270. The highest BCUT2D eigenvalue weighted by molar-refractivity contribution is 6.42. The number of halogens is 2. The summed E-state index contributed by atoms with van der Waals surface area (Å²) in [6, 6.07) is 8.69. The number of carbonyl (C=O) groups excluding carboxylic acids is 1. The van der Waals surface area contributed by atoms with Gasteiger partial charge in [0.2, 0.25) is 5.91 Å². The van der Waals surface area contributed by atoms with E-state index in [0.717, 1.165) is 48.5 Å². The normalized spacial score (nSPS) is 33.2. The zero-order valence-electron chi connectivity index (χ0n) is 20.0. The molecule has 1 amide bonds. The number of carbonyl (C=O) groups is 1. The molecule has 5 atom stereocenters. The highest BCUT2D eigenvalue weighted by atomic mass is 35.5. The van der Waals surface area contributed by atoms with E-state index in [-0.39, 0.29) is 37.6 Å². The second-order valence-electron chi connectivity index (χ2n) is 11.4. The topological polar surface area (TPSA) is 82.0 Å². The average Bonchev–Trinajstić information content (AvgIpc) is 3.58. The summed E-state index contributed by atoms with van der Waals surface area (Å²) in [5.74, 6) is 1.23. The van der Waals surface area contributed by atoms with Crippen LogP contribution in [0, 0.1) is 5.92 Å². The van der Waals surface area contributed by atoms with Gasteiger partial charge < -0.3 is 20.3 Å². The van der Waals surface area contributed by atoms with Gasteiger partial charge in [-0.15, -0.1) is 0 Å². The van der Waals surface area contributed by atoms with Gasteiger partial charge in [-0.25, -0.2) is 0 Å². The highest BCUT2D eigenvalue weighted by Gasteiger charge is 2.73. The van der Waals surface area contributed by atoms with Crippen LogP contribution >= 0.6 is 23.2 Å². The number of nitrogens with one attached hydrogen (secondary N) is 1. The van der Waals surface area contributed by atoms with E-state index < -0.39 is 17.1 Å². The van der Waals surface area contributed by atoms with Gasteiger partial charge in [0.05, 0.1) is 33.5 Å². The number of aliphatic hydroxyl groups is 1. The third-order valence-electron chi connectivity index (χ3n) is 9.46. The monoisotopic (exact) mass is 544 g/mol. The van der Waals surface area contributed by atoms with Gasteiger partial charge >= 0.3 is 0 Å². The summed E-state index contributed by atoms with van der Waals surface area (Å²) in [5.41, 5.74) is 1.32. The van der Waals surface area contributed by atoms with Gasteiger partial charge in [0, 0.05) is 18.2 Å².